The van der Waals surface area contributed by atoms with Gasteiger partial charge in [0.05, 0.1) is 6.42 Å². The molecule has 4 amide bonds. The van der Waals surface area contributed by atoms with Crippen molar-refractivity contribution in [3.05, 3.63) is 71.8 Å². The van der Waals surface area contributed by atoms with Gasteiger partial charge in [0.15, 0.2) is 0 Å². The number of anilines is 1. The molecule has 0 aliphatic heterocycles. The smallest absolute Gasteiger partial charge is 0.408 e. The number of carbonyl (C=O) groups is 4. The summed E-state index contributed by atoms with van der Waals surface area (Å²) in [4.78, 5) is 54.2. The molecule has 3 rings (SSSR count). The third-order valence-electron chi connectivity index (χ3n) is 6.46. The zero-order valence-electron chi connectivity index (χ0n) is 23.2. The summed E-state index contributed by atoms with van der Waals surface area (Å²) < 4.78 is 5.33. The van der Waals surface area contributed by atoms with Crippen molar-refractivity contribution in [2.45, 2.75) is 71.2 Å². The van der Waals surface area contributed by atoms with Crippen LogP contribution in [0.5, 0.6) is 0 Å². The van der Waals surface area contributed by atoms with Gasteiger partial charge in [-0.05, 0) is 68.9 Å². The van der Waals surface area contributed by atoms with Gasteiger partial charge in [0.1, 0.15) is 17.7 Å². The van der Waals surface area contributed by atoms with E-state index < -0.39 is 47.9 Å². The van der Waals surface area contributed by atoms with E-state index in [1.54, 1.807) is 51.1 Å². The number of nitrogens with two attached hydrogens (primary N) is 1. The van der Waals surface area contributed by atoms with Gasteiger partial charge >= 0.3 is 6.09 Å². The summed E-state index contributed by atoms with van der Waals surface area (Å²) in [5.74, 6) is -1.68. The molecule has 0 aromatic heterocycles. The number of benzene rings is 2. The molecule has 4 atom stereocenters. The molecule has 0 radical (unpaired) electrons. The Morgan fingerprint density at radius 2 is 1.82 bits per heavy atom. The first-order chi connectivity index (χ1) is 18.3. The highest BCUT2D eigenvalue weighted by atomic mass is 16.6. The molecule has 1 fully saturated rings. The molecule has 9 heteroatoms. The van der Waals surface area contributed by atoms with Gasteiger partial charge < -0.3 is 26.0 Å². The second-order valence-corrected chi connectivity index (χ2v) is 11.0. The van der Waals surface area contributed by atoms with E-state index >= 15 is 0 Å². The number of amides is 4. The summed E-state index contributed by atoms with van der Waals surface area (Å²) in [6.07, 6.45) is 1.01. The van der Waals surface area contributed by atoms with Gasteiger partial charge in [-0.1, -0.05) is 56.0 Å². The Hall–Kier alpha value is -4.14. The Morgan fingerprint density at radius 1 is 1.15 bits per heavy atom. The lowest BCUT2D eigenvalue weighted by molar-refractivity contribution is -0.142. The van der Waals surface area contributed by atoms with Crippen molar-refractivity contribution in [3.63, 3.8) is 0 Å². The topological polar surface area (TPSA) is 131 Å². The Morgan fingerprint density at radius 3 is 2.38 bits per heavy atom. The molecular weight excluding hydrogens is 496 g/mol. The second-order valence-electron chi connectivity index (χ2n) is 11.0. The lowest BCUT2D eigenvalue weighted by Gasteiger charge is -2.35. The van der Waals surface area contributed by atoms with Crippen LogP contribution in [-0.2, 0) is 19.1 Å². The van der Waals surface area contributed by atoms with Crippen molar-refractivity contribution >= 4 is 35.6 Å². The monoisotopic (exact) mass is 534 g/mol. The minimum atomic E-state index is -1.32. The van der Waals surface area contributed by atoms with Crippen LogP contribution in [0.25, 0.3) is 6.08 Å². The second kappa shape index (κ2) is 12.1. The number of nitrogens with zero attached hydrogens (tertiary/aromatic N) is 1. The first-order valence-corrected chi connectivity index (χ1v) is 13.0. The largest absolute Gasteiger partial charge is 0.444 e. The maximum absolute atomic E-state index is 14.1. The summed E-state index contributed by atoms with van der Waals surface area (Å²) in [6.45, 7) is 12.7. The van der Waals surface area contributed by atoms with E-state index in [0.29, 0.717) is 17.7 Å². The SMILES string of the molecule is C=Cc1cccc(C(C(=O)Nc2ccccc2C)N(C(=O)C(CC(N)=O)NC(=O)OC(C)(C)C)C2CC2C)c1. The quantitative estimate of drug-likeness (QED) is 0.418. The number of carbonyl (C=O) groups excluding carboxylic acids is 4. The van der Waals surface area contributed by atoms with Gasteiger partial charge in [-0.3, -0.25) is 14.4 Å². The highest BCUT2D eigenvalue weighted by Gasteiger charge is 2.48. The van der Waals surface area contributed by atoms with Crippen LogP contribution in [0.2, 0.25) is 0 Å². The zero-order chi connectivity index (χ0) is 28.9. The van der Waals surface area contributed by atoms with Crippen LogP contribution in [0.1, 0.15) is 63.3 Å². The number of ether oxygens (including phenoxy) is 1. The third kappa shape index (κ3) is 7.92. The van der Waals surface area contributed by atoms with E-state index in [0.717, 1.165) is 11.1 Å². The Kier molecular flexibility index (Phi) is 9.16. The molecule has 9 nitrogen and oxygen atoms in total. The van der Waals surface area contributed by atoms with Crippen LogP contribution in [0.4, 0.5) is 10.5 Å². The predicted molar refractivity (Wildman–Crippen MR) is 150 cm³/mol. The van der Waals surface area contributed by atoms with E-state index in [9.17, 15) is 19.2 Å². The lowest BCUT2D eigenvalue weighted by Crippen LogP contribution is -2.54. The number of rotatable bonds is 10. The molecule has 1 saturated carbocycles. The maximum atomic E-state index is 14.1. The van der Waals surface area contributed by atoms with E-state index in [1.165, 1.54) is 4.90 Å². The molecule has 2 aromatic carbocycles. The minimum absolute atomic E-state index is 0.112. The summed E-state index contributed by atoms with van der Waals surface area (Å²) in [5, 5.41) is 5.48. The molecule has 0 heterocycles. The molecule has 4 unspecified atom stereocenters. The lowest BCUT2D eigenvalue weighted by atomic mass is 9.99. The van der Waals surface area contributed by atoms with Gasteiger partial charge in [0, 0.05) is 11.7 Å². The molecule has 2 aromatic rings. The first kappa shape index (κ1) is 29.4. The molecule has 39 heavy (non-hydrogen) atoms. The fourth-order valence-corrected chi connectivity index (χ4v) is 4.41. The van der Waals surface area contributed by atoms with Crippen LogP contribution in [0, 0.1) is 12.8 Å². The summed E-state index contributed by atoms with van der Waals surface area (Å²) in [7, 11) is 0. The Labute approximate surface area is 229 Å². The Bertz CT molecular complexity index is 1250. The van der Waals surface area contributed by atoms with E-state index in [-0.39, 0.29) is 12.0 Å². The van der Waals surface area contributed by atoms with Crippen molar-refractivity contribution in [3.8, 4) is 0 Å². The number of primary amides is 1. The van der Waals surface area contributed by atoms with Gasteiger partial charge in [-0.15, -0.1) is 0 Å². The average Bonchev–Trinajstić information content (AvgIpc) is 3.57. The van der Waals surface area contributed by atoms with Crippen LogP contribution >= 0.6 is 0 Å². The van der Waals surface area contributed by atoms with Crippen molar-refractivity contribution in [2.75, 3.05) is 5.32 Å². The van der Waals surface area contributed by atoms with Crippen LogP contribution in [0.15, 0.2) is 55.1 Å². The van der Waals surface area contributed by atoms with Crippen molar-refractivity contribution in [1.82, 2.24) is 10.2 Å². The van der Waals surface area contributed by atoms with Gasteiger partial charge in [-0.2, -0.15) is 0 Å². The molecule has 1 aliphatic carbocycles. The standard InChI is InChI=1S/C30H38N4O5/c1-7-20-12-10-13-21(16-20)26(27(36)32-22-14-9-8-11-18(22)2)34(24-15-19(24)3)28(37)23(17-25(31)35)33-29(38)39-30(4,5)6/h7-14,16,19,23-24,26H,1,15,17H2,2-6H3,(H2,31,35)(H,32,36)(H,33,38). The van der Waals surface area contributed by atoms with E-state index in [4.69, 9.17) is 10.5 Å². The summed E-state index contributed by atoms with van der Waals surface area (Å²) in [6, 6.07) is 11.9. The van der Waals surface area contributed by atoms with Gasteiger partial charge in [-0.25, -0.2) is 4.79 Å². The zero-order valence-corrected chi connectivity index (χ0v) is 23.2. The number of alkyl carbamates (subject to hydrolysis) is 1. The fraction of sp³-hybridized carbons (Fsp3) is 0.400. The first-order valence-electron chi connectivity index (χ1n) is 13.0. The van der Waals surface area contributed by atoms with Crippen LogP contribution < -0.4 is 16.4 Å². The van der Waals surface area contributed by atoms with Crippen molar-refractivity contribution in [1.29, 1.82) is 0 Å². The maximum Gasteiger partial charge on any atom is 0.408 e. The average molecular weight is 535 g/mol. The summed E-state index contributed by atoms with van der Waals surface area (Å²) in [5.41, 5.74) is 7.46. The predicted octanol–water partition coefficient (Wildman–Crippen LogP) is 4.32. The van der Waals surface area contributed by atoms with E-state index in [2.05, 4.69) is 17.2 Å². The fourth-order valence-electron chi connectivity index (χ4n) is 4.41. The number of para-hydroxylation sites is 1. The minimum Gasteiger partial charge on any atom is -0.444 e. The highest BCUT2D eigenvalue weighted by Crippen LogP contribution is 2.41. The number of aryl methyl sites for hydroxylation is 1. The summed E-state index contributed by atoms with van der Waals surface area (Å²) >= 11 is 0. The molecule has 0 spiro atoms. The van der Waals surface area contributed by atoms with Crippen LogP contribution in [-0.4, -0.2) is 46.4 Å². The number of nitrogens with one attached hydrogen (secondary N) is 2. The number of hydrogen-bond acceptors (Lipinski definition) is 5. The normalized spacial score (nSPS) is 17.8. The molecule has 208 valence electrons. The number of hydrogen-bond donors (Lipinski definition) is 3. The van der Waals surface area contributed by atoms with E-state index in [1.807, 2.05) is 38.1 Å². The van der Waals surface area contributed by atoms with Crippen molar-refractivity contribution < 1.29 is 23.9 Å². The molecule has 1 aliphatic rings. The third-order valence-corrected chi connectivity index (χ3v) is 6.46. The molecule has 4 N–H and O–H groups in total. The Balaban J connectivity index is 2.06. The molecule has 0 saturated heterocycles. The van der Waals surface area contributed by atoms with Crippen LogP contribution in [0.3, 0.4) is 0 Å². The molecular formula is C30H38N4O5. The molecule has 0 bridgehead atoms. The van der Waals surface area contributed by atoms with Gasteiger partial charge in [0.2, 0.25) is 11.8 Å². The van der Waals surface area contributed by atoms with Gasteiger partial charge in [0.25, 0.3) is 5.91 Å². The highest BCUT2D eigenvalue weighted by molar-refractivity contribution is 6.00. The van der Waals surface area contributed by atoms with Crippen molar-refractivity contribution in [2.24, 2.45) is 11.7 Å².